The van der Waals surface area contributed by atoms with Crippen molar-refractivity contribution in [2.75, 3.05) is 0 Å². The monoisotopic (exact) mass is 158 g/mol. The first kappa shape index (κ1) is 8.49. The van der Waals surface area contributed by atoms with Crippen molar-refractivity contribution in [3.63, 3.8) is 0 Å². The second-order valence-electron chi connectivity index (χ2n) is 3.12. The number of hydrogen-bond donors (Lipinski definition) is 2. The van der Waals surface area contributed by atoms with Crippen molar-refractivity contribution in [1.82, 2.24) is 0 Å². The second-order valence-corrected chi connectivity index (χ2v) is 3.12. The quantitative estimate of drug-likeness (QED) is 0.428. The first-order valence-electron chi connectivity index (χ1n) is 3.82. The van der Waals surface area contributed by atoms with Gasteiger partial charge in [-0.2, -0.15) is 0 Å². The van der Waals surface area contributed by atoms with Crippen molar-refractivity contribution in [1.29, 1.82) is 0 Å². The molecule has 0 aromatic heterocycles. The Kier molecular flexibility index (Phi) is 2.46. The van der Waals surface area contributed by atoms with Gasteiger partial charge in [-0.3, -0.25) is 10.5 Å². The minimum absolute atomic E-state index is 0.224. The van der Waals surface area contributed by atoms with E-state index in [1.54, 1.807) is 0 Å². The minimum Gasteiger partial charge on any atom is -0.446 e. The van der Waals surface area contributed by atoms with Crippen LogP contribution in [0.3, 0.4) is 0 Å². The Morgan fingerprint density at radius 2 is 2.00 bits per heavy atom. The summed E-state index contributed by atoms with van der Waals surface area (Å²) in [5.41, 5.74) is 10.6. The number of rotatable bonds is 2. The summed E-state index contributed by atoms with van der Waals surface area (Å²) in [6, 6.07) is 0.224. The first-order chi connectivity index (χ1) is 5.16. The second kappa shape index (κ2) is 3.19. The maximum absolute atomic E-state index is 10.0. The maximum atomic E-state index is 10.0. The van der Waals surface area contributed by atoms with Crippen molar-refractivity contribution < 1.29 is 9.53 Å². The predicted molar refractivity (Wildman–Crippen MR) is 40.5 cm³/mol. The van der Waals surface area contributed by atoms with Crippen LogP contribution in [0.25, 0.3) is 0 Å². The van der Waals surface area contributed by atoms with E-state index in [0.29, 0.717) is 19.3 Å². The van der Waals surface area contributed by atoms with Gasteiger partial charge in [0.2, 0.25) is 0 Å². The van der Waals surface area contributed by atoms with Gasteiger partial charge >= 0.3 is 0 Å². The molecule has 0 aliphatic heterocycles. The number of ether oxygens (including phenoxy) is 1. The molecule has 0 aromatic rings. The molecule has 11 heavy (non-hydrogen) atoms. The Balaban J connectivity index is 2.41. The molecule has 0 atom stereocenters. The third kappa shape index (κ3) is 2.17. The van der Waals surface area contributed by atoms with Gasteiger partial charge in [-0.25, -0.2) is 0 Å². The largest absolute Gasteiger partial charge is 0.446 e. The van der Waals surface area contributed by atoms with Crippen LogP contribution >= 0.6 is 0 Å². The van der Waals surface area contributed by atoms with Gasteiger partial charge in [0, 0.05) is 18.9 Å². The zero-order valence-electron chi connectivity index (χ0n) is 6.45. The van der Waals surface area contributed by atoms with Crippen LogP contribution in [-0.4, -0.2) is 18.2 Å². The van der Waals surface area contributed by atoms with E-state index in [2.05, 4.69) is 0 Å². The zero-order valence-corrected chi connectivity index (χ0v) is 6.45. The van der Waals surface area contributed by atoms with Crippen LogP contribution < -0.4 is 11.5 Å². The molecule has 4 N–H and O–H groups in total. The molecule has 4 heteroatoms. The fourth-order valence-electron chi connectivity index (χ4n) is 1.34. The smallest absolute Gasteiger partial charge is 0.294 e. The number of carbonyl (C=O) groups excluding carboxylic acids is 1. The van der Waals surface area contributed by atoms with Crippen molar-refractivity contribution in [2.24, 2.45) is 11.5 Å². The van der Waals surface area contributed by atoms with E-state index in [4.69, 9.17) is 16.2 Å². The van der Waals surface area contributed by atoms with Crippen molar-refractivity contribution in [3.8, 4) is 0 Å². The lowest BCUT2D eigenvalue weighted by atomic mass is 9.89. The van der Waals surface area contributed by atoms with Gasteiger partial charge in [-0.05, 0) is 12.8 Å². The molecule has 1 aliphatic carbocycles. The number of nitrogens with two attached hydrogens (primary N) is 2. The minimum atomic E-state index is -0.738. The van der Waals surface area contributed by atoms with Crippen molar-refractivity contribution >= 4 is 6.47 Å². The highest BCUT2D eigenvalue weighted by molar-refractivity contribution is 5.38. The van der Waals surface area contributed by atoms with Crippen LogP contribution in [0.15, 0.2) is 0 Å². The van der Waals surface area contributed by atoms with E-state index in [1.165, 1.54) is 0 Å². The number of hydrogen-bond acceptors (Lipinski definition) is 4. The highest BCUT2D eigenvalue weighted by Gasteiger charge is 2.31. The predicted octanol–water partition coefficient (Wildman–Crippen LogP) is -0.284. The van der Waals surface area contributed by atoms with Gasteiger partial charge < -0.3 is 10.5 Å². The van der Waals surface area contributed by atoms with Crippen LogP contribution in [0, 0.1) is 0 Å². The van der Waals surface area contributed by atoms with Crippen LogP contribution in [0.2, 0.25) is 0 Å². The lowest BCUT2D eigenvalue weighted by Gasteiger charge is -2.33. The molecule has 0 radical (unpaired) electrons. The third-order valence-corrected chi connectivity index (χ3v) is 2.16. The van der Waals surface area contributed by atoms with Gasteiger partial charge in [0.05, 0.1) is 0 Å². The van der Waals surface area contributed by atoms with E-state index < -0.39 is 5.72 Å². The summed E-state index contributed by atoms with van der Waals surface area (Å²) < 4.78 is 4.76. The Hall–Kier alpha value is -0.610. The summed E-state index contributed by atoms with van der Waals surface area (Å²) in [6.45, 7) is 0.414. The molecule has 1 fully saturated rings. The van der Waals surface area contributed by atoms with E-state index in [0.717, 1.165) is 12.8 Å². The Morgan fingerprint density at radius 1 is 1.45 bits per heavy atom. The molecule has 4 nitrogen and oxygen atoms in total. The van der Waals surface area contributed by atoms with Gasteiger partial charge in [0.15, 0.2) is 5.72 Å². The molecule has 0 unspecified atom stereocenters. The first-order valence-corrected chi connectivity index (χ1v) is 3.82. The highest BCUT2D eigenvalue weighted by Crippen LogP contribution is 2.25. The Labute approximate surface area is 65.9 Å². The topological polar surface area (TPSA) is 78.3 Å². The summed E-state index contributed by atoms with van der Waals surface area (Å²) >= 11 is 0. The van der Waals surface area contributed by atoms with Crippen LogP contribution in [0.1, 0.15) is 25.7 Å². The molecule has 1 rings (SSSR count). The average Bonchev–Trinajstić information content (AvgIpc) is 1.97. The van der Waals surface area contributed by atoms with E-state index in [9.17, 15) is 4.79 Å². The SMILES string of the molecule is NC1CCC(N)(OC=O)CC1. The lowest BCUT2D eigenvalue weighted by Crippen LogP contribution is -2.48. The summed E-state index contributed by atoms with van der Waals surface area (Å²) in [5, 5.41) is 0. The molecular weight excluding hydrogens is 144 g/mol. The summed E-state index contributed by atoms with van der Waals surface area (Å²) in [5.74, 6) is 0. The van der Waals surface area contributed by atoms with Gasteiger partial charge in [0.1, 0.15) is 0 Å². The molecule has 1 saturated carbocycles. The Morgan fingerprint density at radius 3 is 2.45 bits per heavy atom. The number of carbonyl (C=O) groups is 1. The average molecular weight is 158 g/mol. The van der Waals surface area contributed by atoms with Crippen LogP contribution in [-0.2, 0) is 9.53 Å². The molecule has 0 saturated heterocycles. The molecule has 0 bridgehead atoms. The highest BCUT2D eigenvalue weighted by atomic mass is 16.5. The molecule has 0 aromatic carbocycles. The lowest BCUT2D eigenvalue weighted by molar-refractivity contribution is -0.146. The maximum Gasteiger partial charge on any atom is 0.294 e. The molecule has 1 aliphatic rings. The third-order valence-electron chi connectivity index (χ3n) is 2.16. The van der Waals surface area contributed by atoms with Crippen molar-refractivity contribution in [2.45, 2.75) is 37.5 Å². The summed E-state index contributed by atoms with van der Waals surface area (Å²) in [4.78, 5) is 10.0. The van der Waals surface area contributed by atoms with Crippen LogP contribution in [0.5, 0.6) is 0 Å². The fraction of sp³-hybridized carbons (Fsp3) is 0.857. The van der Waals surface area contributed by atoms with E-state index >= 15 is 0 Å². The summed E-state index contributed by atoms with van der Waals surface area (Å²) in [6.07, 6.45) is 3.02. The zero-order chi connectivity index (χ0) is 8.32. The molecular formula is C7H14N2O2. The summed E-state index contributed by atoms with van der Waals surface area (Å²) in [7, 11) is 0. The van der Waals surface area contributed by atoms with Crippen LogP contribution in [0.4, 0.5) is 0 Å². The van der Waals surface area contributed by atoms with Gasteiger partial charge in [0.25, 0.3) is 6.47 Å². The van der Waals surface area contributed by atoms with Crippen molar-refractivity contribution in [3.05, 3.63) is 0 Å². The molecule has 64 valence electrons. The fourth-order valence-corrected chi connectivity index (χ4v) is 1.34. The van der Waals surface area contributed by atoms with E-state index in [-0.39, 0.29) is 6.04 Å². The molecule has 0 spiro atoms. The van der Waals surface area contributed by atoms with Gasteiger partial charge in [-0.15, -0.1) is 0 Å². The van der Waals surface area contributed by atoms with Gasteiger partial charge in [-0.1, -0.05) is 0 Å². The molecule has 0 amide bonds. The molecule has 0 heterocycles. The Bertz CT molecular complexity index is 141. The normalized spacial score (nSPS) is 38.2. The van der Waals surface area contributed by atoms with E-state index in [1.807, 2.05) is 0 Å². The standard InChI is InChI=1S/C7H14N2O2/c8-6-1-3-7(9,4-2-6)11-5-10/h5-6H,1-4,8-9H2.